The lowest BCUT2D eigenvalue weighted by Gasteiger charge is -2.33. The smallest absolute Gasteiger partial charge is 0.362 e. The Morgan fingerprint density at radius 2 is 2.04 bits per heavy atom. The maximum atomic E-state index is 13.4. The van der Waals surface area contributed by atoms with Crippen molar-refractivity contribution in [1.82, 2.24) is 9.78 Å². The number of aryl methyl sites for hydroxylation is 2. The van der Waals surface area contributed by atoms with E-state index in [1.54, 1.807) is 0 Å². The van der Waals surface area contributed by atoms with E-state index in [0.717, 1.165) is 21.4 Å². The predicted octanol–water partition coefficient (Wildman–Crippen LogP) is 4.03. The molecule has 7 heteroatoms. The number of benzene rings is 1. The number of halogens is 3. The second-order valence-electron chi connectivity index (χ2n) is 5.80. The van der Waals surface area contributed by atoms with Crippen LogP contribution in [0.5, 0.6) is 0 Å². The van der Waals surface area contributed by atoms with E-state index in [2.05, 4.69) is 10.4 Å². The molecule has 0 saturated heterocycles. The van der Waals surface area contributed by atoms with Crippen LogP contribution < -0.4 is 5.32 Å². The van der Waals surface area contributed by atoms with Crippen LogP contribution in [0, 0.1) is 25.2 Å². The number of anilines is 1. The van der Waals surface area contributed by atoms with E-state index in [9.17, 15) is 13.2 Å². The van der Waals surface area contributed by atoms with Gasteiger partial charge in [-0.15, -0.1) is 0 Å². The van der Waals surface area contributed by atoms with Crippen molar-refractivity contribution < 1.29 is 13.2 Å². The van der Waals surface area contributed by atoms with Gasteiger partial charge in [-0.05, 0) is 30.5 Å². The molecule has 0 bridgehead atoms. The van der Waals surface area contributed by atoms with E-state index in [-0.39, 0.29) is 17.8 Å². The molecule has 0 aliphatic carbocycles. The van der Waals surface area contributed by atoms with Crippen molar-refractivity contribution in [3.05, 3.63) is 46.6 Å². The average molecular weight is 320 g/mol. The van der Waals surface area contributed by atoms with E-state index >= 15 is 0 Å². The van der Waals surface area contributed by atoms with Gasteiger partial charge in [-0.1, -0.05) is 18.2 Å². The highest BCUT2D eigenvalue weighted by molar-refractivity contribution is 5.55. The van der Waals surface area contributed by atoms with E-state index in [1.165, 1.54) is 6.20 Å². The molecule has 0 radical (unpaired) electrons. The minimum Gasteiger partial charge on any atom is -0.362 e. The molecule has 0 saturated carbocycles. The van der Waals surface area contributed by atoms with Gasteiger partial charge in [0.1, 0.15) is 17.5 Å². The number of alkyl halides is 3. The summed E-state index contributed by atoms with van der Waals surface area (Å²) >= 11 is 0. The fourth-order valence-corrected chi connectivity index (χ4v) is 2.84. The molecule has 1 aliphatic heterocycles. The van der Waals surface area contributed by atoms with Crippen molar-refractivity contribution in [3.63, 3.8) is 0 Å². The van der Waals surface area contributed by atoms with Crippen LogP contribution in [0.2, 0.25) is 0 Å². The molecule has 120 valence electrons. The lowest BCUT2D eigenvalue weighted by atomic mass is 9.94. The molecule has 1 N–H and O–H groups in total. The van der Waals surface area contributed by atoms with E-state index in [1.807, 2.05) is 38.1 Å². The zero-order valence-corrected chi connectivity index (χ0v) is 12.6. The number of nitrogens with zero attached hydrogens (tertiary/aromatic N) is 3. The Labute approximate surface area is 131 Å². The Morgan fingerprint density at radius 1 is 1.30 bits per heavy atom. The van der Waals surface area contributed by atoms with Crippen LogP contribution in [0.3, 0.4) is 0 Å². The highest BCUT2D eigenvalue weighted by atomic mass is 19.4. The normalized spacial score (nSPS) is 20.5. The Hall–Kier alpha value is -2.49. The standard InChI is InChI=1S/C16H15F3N4/c1-9-3-4-11(5-10(9)2)13-6-14(16(17,18)19)23-15(22-13)12(7-20)8-21-23/h3-5,8,13-14,22H,6H2,1-2H3/t13-,14-/m0/s1. The van der Waals surface area contributed by atoms with Crippen molar-refractivity contribution in [2.24, 2.45) is 0 Å². The summed E-state index contributed by atoms with van der Waals surface area (Å²) in [6.45, 7) is 3.88. The Bertz CT molecular complexity index is 786. The van der Waals surface area contributed by atoms with Gasteiger partial charge in [0.05, 0.1) is 12.2 Å². The van der Waals surface area contributed by atoms with E-state index < -0.39 is 18.3 Å². The third kappa shape index (κ3) is 2.65. The minimum absolute atomic E-state index is 0.118. The molecule has 1 aliphatic rings. The number of aromatic nitrogens is 2. The zero-order valence-electron chi connectivity index (χ0n) is 12.6. The zero-order chi connectivity index (χ0) is 16.8. The van der Waals surface area contributed by atoms with Crippen molar-refractivity contribution >= 4 is 5.82 Å². The van der Waals surface area contributed by atoms with Crippen LogP contribution in [-0.2, 0) is 0 Å². The SMILES string of the molecule is Cc1ccc([C@@H]2C[C@@H](C(F)(F)F)n3ncc(C#N)c3N2)cc1C. The highest BCUT2D eigenvalue weighted by Gasteiger charge is 2.46. The molecule has 2 aromatic rings. The van der Waals surface area contributed by atoms with Gasteiger partial charge < -0.3 is 5.32 Å². The molecule has 0 fully saturated rings. The number of hydrogen-bond donors (Lipinski definition) is 1. The monoisotopic (exact) mass is 320 g/mol. The second kappa shape index (κ2) is 5.30. The molecule has 3 rings (SSSR count). The summed E-state index contributed by atoms with van der Waals surface area (Å²) in [6, 6.07) is 5.23. The molecule has 1 aromatic carbocycles. The van der Waals surface area contributed by atoms with Crippen molar-refractivity contribution in [2.75, 3.05) is 5.32 Å². The van der Waals surface area contributed by atoms with Gasteiger partial charge in [-0.3, -0.25) is 0 Å². The first-order valence-corrected chi connectivity index (χ1v) is 7.19. The highest BCUT2D eigenvalue weighted by Crippen LogP contribution is 2.44. The largest absolute Gasteiger partial charge is 0.410 e. The maximum Gasteiger partial charge on any atom is 0.410 e. The van der Waals surface area contributed by atoms with Gasteiger partial charge >= 0.3 is 6.18 Å². The first-order chi connectivity index (χ1) is 10.8. The molecular formula is C16H15F3N4. The summed E-state index contributed by atoms with van der Waals surface area (Å²) < 4.78 is 41.1. The molecule has 4 nitrogen and oxygen atoms in total. The summed E-state index contributed by atoms with van der Waals surface area (Å²) in [6.07, 6.45) is -3.41. The molecule has 1 aromatic heterocycles. The summed E-state index contributed by atoms with van der Waals surface area (Å²) in [5, 5.41) is 15.9. The molecule has 0 spiro atoms. The minimum atomic E-state index is -4.42. The fraction of sp³-hybridized carbons (Fsp3) is 0.375. The first kappa shape index (κ1) is 15.4. The topological polar surface area (TPSA) is 53.6 Å². The predicted molar refractivity (Wildman–Crippen MR) is 78.9 cm³/mol. The third-order valence-electron chi connectivity index (χ3n) is 4.29. The van der Waals surface area contributed by atoms with Gasteiger partial charge in [-0.2, -0.15) is 23.5 Å². The van der Waals surface area contributed by atoms with Gasteiger partial charge in [0.2, 0.25) is 0 Å². The van der Waals surface area contributed by atoms with E-state index in [0.29, 0.717) is 0 Å². The fourth-order valence-electron chi connectivity index (χ4n) is 2.84. The number of rotatable bonds is 1. The van der Waals surface area contributed by atoms with Gasteiger partial charge in [0.25, 0.3) is 0 Å². The summed E-state index contributed by atoms with van der Waals surface area (Å²) in [5.41, 5.74) is 3.00. The van der Waals surface area contributed by atoms with Gasteiger partial charge in [-0.25, -0.2) is 4.68 Å². The molecule has 2 atom stereocenters. The number of nitrogens with one attached hydrogen (secondary N) is 1. The lowest BCUT2D eigenvalue weighted by Crippen LogP contribution is -2.35. The summed E-state index contributed by atoms with van der Waals surface area (Å²) in [7, 11) is 0. The number of nitriles is 1. The Morgan fingerprint density at radius 3 is 2.65 bits per heavy atom. The quantitative estimate of drug-likeness (QED) is 0.863. The third-order valence-corrected chi connectivity index (χ3v) is 4.29. The van der Waals surface area contributed by atoms with Crippen LogP contribution in [0.15, 0.2) is 24.4 Å². The first-order valence-electron chi connectivity index (χ1n) is 7.19. The van der Waals surface area contributed by atoms with Gasteiger partial charge in [0, 0.05) is 6.42 Å². The van der Waals surface area contributed by atoms with Crippen LogP contribution in [-0.4, -0.2) is 16.0 Å². The van der Waals surface area contributed by atoms with E-state index in [4.69, 9.17) is 5.26 Å². The maximum absolute atomic E-state index is 13.4. The molecular weight excluding hydrogens is 305 g/mol. The molecule has 0 amide bonds. The van der Waals surface area contributed by atoms with Crippen molar-refractivity contribution in [2.45, 2.75) is 38.5 Å². The van der Waals surface area contributed by atoms with Crippen LogP contribution in [0.4, 0.5) is 19.0 Å². The number of fused-ring (bicyclic) bond motifs is 1. The van der Waals surface area contributed by atoms with Crippen LogP contribution in [0.1, 0.15) is 40.8 Å². The average Bonchev–Trinajstić information content (AvgIpc) is 2.91. The summed E-state index contributed by atoms with van der Waals surface area (Å²) in [4.78, 5) is 0. The molecule has 0 unspecified atom stereocenters. The summed E-state index contributed by atoms with van der Waals surface area (Å²) in [5.74, 6) is 0.129. The molecule has 2 heterocycles. The Balaban J connectivity index is 2.05. The van der Waals surface area contributed by atoms with Gasteiger partial charge in [0.15, 0.2) is 6.04 Å². The second-order valence-corrected chi connectivity index (χ2v) is 5.80. The van der Waals surface area contributed by atoms with Crippen LogP contribution >= 0.6 is 0 Å². The Kier molecular flexibility index (Phi) is 3.55. The van der Waals surface area contributed by atoms with Crippen LogP contribution in [0.25, 0.3) is 0 Å². The lowest BCUT2D eigenvalue weighted by molar-refractivity contribution is -0.173. The van der Waals surface area contributed by atoms with Crippen molar-refractivity contribution in [1.29, 1.82) is 5.26 Å². The number of hydrogen-bond acceptors (Lipinski definition) is 3. The molecule has 23 heavy (non-hydrogen) atoms. The van der Waals surface area contributed by atoms with Crippen molar-refractivity contribution in [3.8, 4) is 6.07 Å².